The van der Waals surface area contributed by atoms with Crippen LogP contribution in [0.1, 0.15) is 46.4 Å². The van der Waals surface area contributed by atoms with Crippen molar-refractivity contribution in [2.45, 2.75) is 31.7 Å². The molecule has 2 fully saturated rings. The van der Waals surface area contributed by atoms with Crippen molar-refractivity contribution in [2.75, 3.05) is 19.7 Å². The summed E-state index contributed by atoms with van der Waals surface area (Å²) in [7, 11) is 0. The smallest absolute Gasteiger partial charge is 0.256 e. The predicted molar refractivity (Wildman–Crippen MR) is 107 cm³/mol. The quantitative estimate of drug-likeness (QED) is 0.811. The Morgan fingerprint density at radius 3 is 2.55 bits per heavy atom. The summed E-state index contributed by atoms with van der Waals surface area (Å²) < 4.78 is 19.8. The summed E-state index contributed by atoms with van der Waals surface area (Å²) >= 11 is 0. The van der Waals surface area contributed by atoms with E-state index in [0.717, 1.165) is 25.7 Å². The molecule has 1 heterocycles. The number of nitrogens with one attached hydrogen (secondary N) is 1. The van der Waals surface area contributed by atoms with Crippen LogP contribution in [0.4, 0.5) is 4.39 Å². The summed E-state index contributed by atoms with van der Waals surface area (Å²) in [4.78, 5) is 26.4. The highest BCUT2D eigenvalue weighted by Crippen LogP contribution is 2.22. The van der Waals surface area contributed by atoms with Gasteiger partial charge in [0, 0.05) is 30.6 Å². The van der Waals surface area contributed by atoms with Crippen molar-refractivity contribution in [3.05, 3.63) is 65.5 Å². The van der Waals surface area contributed by atoms with Gasteiger partial charge in [-0.25, -0.2) is 4.39 Å². The van der Waals surface area contributed by atoms with Crippen LogP contribution in [0.5, 0.6) is 5.75 Å². The van der Waals surface area contributed by atoms with Gasteiger partial charge in [0.05, 0.1) is 12.2 Å². The normalized spacial score (nSPS) is 18.9. The van der Waals surface area contributed by atoms with Crippen LogP contribution in [0, 0.1) is 11.7 Å². The van der Waals surface area contributed by atoms with Crippen LogP contribution in [0.3, 0.4) is 0 Å². The van der Waals surface area contributed by atoms with E-state index in [1.165, 1.54) is 12.1 Å². The molecule has 2 amide bonds. The number of piperidine rings is 1. The fourth-order valence-corrected chi connectivity index (χ4v) is 3.60. The molecule has 1 aliphatic heterocycles. The Kier molecular flexibility index (Phi) is 5.79. The van der Waals surface area contributed by atoms with Crippen molar-refractivity contribution in [1.82, 2.24) is 10.2 Å². The molecule has 2 aromatic carbocycles. The molecule has 1 saturated heterocycles. The van der Waals surface area contributed by atoms with Gasteiger partial charge in [-0.3, -0.25) is 9.59 Å². The lowest BCUT2D eigenvalue weighted by molar-refractivity contribution is 0.0628. The Morgan fingerprint density at radius 2 is 1.83 bits per heavy atom. The number of benzene rings is 2. The van der Waals surface area contributed by atoms with E-state index < -0.39 is 5.82 Å². The Labute approximate surface area is 169 Å². The molecule has 1 atom stereocenters. The van der Waals surface area contributed by atoms with Gasteiger partial charge in [0.1, 0.15) is 11.6 Å². The van der Waals surface area contributed by atoms with E-state index in [9.17, 15) is 14.0 Å². The van der Waals surface area contributed by atoms with Crippen LogP contribution < -0.4 is 10.1 Å². The molecule has 0 radical (unpaired) electrons. The van der Waals surface area contributed by atoms with Crippen LogP contribution in [0.2, 0.25) is 0 Å². The third kappa shape index (κ3) is 4.94. The number of likely N-dealkylation sites (tertiary alicyclic amines) is 1. The largest absolute Gasteiger partial charge is 0.493 e. The van der Waals surface area contributed by atoms with E-state index in [-0.39, 0.29) is 23.3 Å². The molecular formula is C23H25FN2O3. The maximum atomic E-state index is 13.9. The molecule has 0 spiro atoms. The molecule has 2 aromatic rings. The Hall–Kier alpha value is -2.89. The van der Waals surface area contributed by atoms with Crippen molar-refractivity contribution in [1.29, 1.82) is 0 Å². The standard InChI is InChI=1S/C23H25FN2O3/c24-21-6-2-1-5-20(21)23(28)26-13-3-4-16(14-26)15-29-19-11-7-17(8-12-19)22(27)25-18-9-10-18/h1-2,5-8,11-12,16,18H,3-4,9-10,13-15H2,(H,25,27). The Morgan fingerprint density at radius 1 is 1.07 bits per heavy atom. The molecule has 2 aliphatic rings. The molecule has 6 heteroatoms. The highest BCUT2D eigenvalue weighted by molar-refractivity contribution is 5.95. The van der Waals surface area contributed by atoms with Gasteiger partial charge in [0.2, 0.25) is 0 Å². The van der Waals surface area contributed by atoms with Gasteiger partial charge in [-0.15, -0.1) is 0 Å². The lowest BCUT2D eigenvalue weighted by Gasteiger charge is -2.32. The van der Waals surface area contributed by atoms with Crippen LogP contribution in [-0.2, 0) is 0 Å². The lowest BCUT2D eigenvalue weighted by Crippen LogP contribution is -2.41. The monoisotopic (exact) mass is 396 g/mol. The SMILES string of the molecule is O=C(NC1CC1)c1ccc(OCC2CCCN(C(=O)c3ccccc3F)C2)cc1. The molecular weight excluding hydrogens is 371 g/mol. The highest BCUT2D eigenvalue weighted by atomic mass is 19.1. The second-order valence-corrected chi connectivity index (χ2v) is 7.82. The average molecular weight is 396 g/mol. The summed E-state index contributed by atoms with van der Waals surface area (Å²) in [5.74, 6) is 0.0944. The molecule has 1 aliphatic carbocycles. The number of hydrogen-bond donors (Lipinski definition) is 1. The number of halogens is 1. The van der Waals surface area contributed by atoms with E-state index in [1.807, 2.05) is 0 Å². The second kappa shape index (κ2) is 8.64. The third-order valence-electron chi connectivity index (χ3n) is 5.43. The summed E-state index contributed by atoms with van der Waals surface area (Å²) in [5, 5.41) is 2.96. The third-order valence-corrected chi connectivity index (χ3v) is 5.43. The number of amides is 2. The van der Waals surface area contributed by atoms with Gasteiger partial charge < -0.3 is 15.0 Å². The summed E-state index contributed by atoms with van der Waals surface area (Å²) in [6.07, 6.45) is 3.95. The van der Waals surface area contributed by atoms with Crippen LogP contribution >= 0.6 is 0 Å². The molecule has 152 valence electrons. The number of ether oxygens (including phenoxy) is 1. The van der Waals surface area contributed by atoms with Gasteiger partial charge in [-0.1, -0.05) is 12.1 Å². The fraction of sp³-hybridized carbons (Fsp3) is 0.391. The van der Waals surface area contributed by atoms with E-state index in [2.05, 4.69) is 5.32 Å². The van der Waals surface area contributed by atoms with Gasteiger partial charge in [-0.2, -0.15) is 0 Å². The summed E-state index contributed by atoms with van der Waals surface area (Å²) in [6, 6.07) is 13.6. The highest BCUT2D eigenvalue weighted by Gasteiger charge is 2.26. The van der Waals surface area contributed by atoms with Crippen molar-refractivity contribution in [2.24, 2.45) is 5.92 Å². The predicted octanol–water partition coefficient (Wildman–Crippen LogP) is 3.65. The van der Waals surface area contributed by atoms with Crippen molar-refractivity contribution < 1.29 is 18.7 Å². The molecule has 1 N–H and O–H groups in total. The van der Waals surface area contributed by atoms with Crippen molar-refractivity contribution >= 4 is 11.8 Å². The number of carbonyl (C=O) groups is 2. The first-order chi connectivity index (χ1) is 14.1. The van der Waals surface area contributed by atoms with Gasteiger partial charge in [-0.05, 0) is 62.1 Å². The molecule has 4 rings (SSSR count). The molecule has 1 unspecified atom stereocenters. The summed E-state index contributed by atoms with van der Waals surface area (Å²) in [5.41, 5.74) is 0.748. The van der Waals surface area contributed by atoms with Crippen LogP contribution in [-0.4, -0.2) is 42.5 Å². The maximum absolute atomic E-state index is 13.9. The zero-order valence-corrected chi connectivity index (χ0v) is 16.3. The first-order valence-corrected chi connectivity index (χ1v) is 10.2. The van der Waals surface area contributed by atoms with E-state index in [0.29, 0.717) is 37.1 Å². The molecule has 0 bridgehead atoms. The number of carbonyl (C=O) groups excluding carboxylic acids is 2. The van der Waals surface area contributed by atoms with Crippen LogP contribution in [0.25, 0.3) is 0 Å². The van der Waals surface area contributed by atoms with Gasteiger partial charge in [0.25, 0.3) is 11.8 Å². The lowest BCUT2D eigenvalue weighted by atomic mass is 9.98. The first kappa shape index (κ1) is 19.4. The van der Waals surface area contributed by atoms with Crippen molar-refractivity contribution in [3.63, 3.8) is 0 Å². The zero-order chi connectivity index (χ0) is 20.2. The molecule has 29 heavy (non-hydrogen) atoms. The number of nitrogens with zero attached hydrogens (tertiary/aromatic N) is 1. The van der Waals surface area contributed by atoms with E-state index in [4.69, 9.17) is 4.74 Å². The number of hydrogen-bond acceptors (Lipinski definition) is 3. The summed E-state index contributed by atoms with van der Waals surface area (Å²) in [6.45, 7) is 1.66. The second-order valence-electron chi connectivity index (χ2n) is 7.82. The van der Waals surface area contributed by atoms with Crippen molar-refractivity contribution in [3.8, 4) is 5.75 Å². The average Bonchev–Trinajstić information content (AvgIpc) is 3.57. The molecule has 1 saturated carbocycles. The topological polar surface area (TPSA) is 58.6 Å². The minimum absolute atomic E-state index is 0.0476. The van der Waals surface area contributed by atoms with Gasteiger partial charge >= 0.3 is 0 Å². The molecule has 0 aromatic heterocycles. The Balaban J connectivity index is 1.30. The van der Waals surface area contributed by atoms with E-state index in [1.54, 1.807) is 41.3 Å². The minimum atomic E-state index is -0.485. The molecule has 5 nitrogen and oxygen atoms in total. The first-order valence-electron chi connectivity index (χ1n) is 10.2. The zero-order valence-electron chi connectivity index (χ0n) is 16.3. The van der Waals surface area contributed by atoms with Gasteiger partial charge in [0.15, 0.2) is 0 Å². The number of rotatable bonds is 6. The van der Waals surface area contributed by atoms with E-state index >= 15 is 0 Å². The maximum Gasteiger partial charge on any atom is 0.256 e. The van der Waals surface area contributed by atoms with Crippen LogP contribution in [0.15, 0.2) is 48.5 Å². The fourth-order valence-electron chi connectivity index (χ4n) is 3.60. The Bertz CT molecular complexity index is 880. The minimum Gasteiger partial charge on any atom is -0.493 e.